The fourth-order valence-electron chi connectivity index (χ4n) is 2.77. The first kappa shape index (κ1) is 29.7. The number of hydrogen-bond acceptors (Lipinski definition) is 13. The van der Waals surface area contributed by atoms with E-state index in [0.29, 0.717) is 17.9 Å². The predicted molar refractivity (Wildman–Crippen MR) is 119 cm³/mol. The Hall–Kier alpha value is -1.49. The molecule has 0 bridgehead atoms. The molecular weight excluding hydrogens is 537 g/mol. The van der Waals surface area contributed by atoms with E-state index in [2.05, 4.69) is 35.0 Å². The lowest BCUT2D eigenvalue weighted by Crippen LogP contribution is -2.33. The summed E-state index contributed by atoms with van der Waals surface area (Å²) in [6, 6.07) is 0. The van der Waals surface area contributed by atoms with Crippen LogP contribution in [0.5, 0.6) is 0 Å². The molecule has 9 N–H and O–H groups in total. The van der Waals surface area contributed by atoms with Crippen molar-refractivity contribution in [1.82, 2.24) is 9.55 Å². The normalized spacial score (nSPS) is 21.1. The lowest BCUT2D eigenvalue weighted by molar-refractivity contribution is -0.102. The molecule has 2 rings (SSSR count). The van der Waals surface area contributed by atoms with Crippen LogP contribution in [0.25, 0.3) is 0 Å². The highest BCUT2D eigenvalue weighted by molar-refractivity contribution is 7.66. The molecule has 1 aliphatic heterocycles. The fraction of sp³-hybridized carbons (Fsp3) is 0.571. The quantitative estimate of drug-likeness (QED) is 0.0863. The number of aliphatic imine (C=N–C) groups is 1. The Kier molecular flexibility index (Phi) is 10.3. The Labute approximate surface area is 199 Å². The molecular formula is C14H27N6O12P3. The molecule has 0 amide bonds. The summed E-state index contributed by atoms with van der Waals surface area (Å²) in [7, 11) is -16.5. The largest absolute Gasteiger partial charge is 0.490 e. The van der Waals surface area contributed by atoms with Gasteiger partial charge in [0, 0.05) is 0 Å². The Balaban J connectivity index is 2.14. The number of imidazole rings is 1. The van der Waals surface area contributed by atoms with Gasteiger partial charge in [-0.3, -0.25) is 9.09 Å². The van der Waals surface area contributed by atoms with Crippen LogP contribution in [0.2, 0.25) is 0 Å². The van der Waals surface area contributed by atoms with Gasteiger partial charge in [-0.1, -0.05) is 13.0 Å². The maximum Gasteiger partial charge on any atom is 0.490 e. The molecule has 2 heterocycles. The van der Waals surface area contributed by atoms with Crippen LogP contribution in [0.15, 0.2) is 24.0 Å². The molecule has 18 nitrogen and oxygen atoms in total. The summed E-state index contributed by atoms with van der Waals surface area (Å²) in [6.45, 7) is 4.45. The standard InChI is InChI=1S/C14H27N6O12P3/c1-3-5-28-6-9(7-29-34(24,25)32-35(26,27)31-33(21,22)23)30-10(4-2)20-8-17-11-12(15)18-14(16)19-13(11)20/h3,8-10,12H,1,4-7,15H2,2H3,(H,24,25)(H,26,27)(H3,16,18,19)(H2,21,22,23)/t9-,10+,12?/m0/s1. The summed E-state index contributed by atoms with van der Waals surface area (Å²) in [5.41, 5.74) is 12.0. The van der Waals surface area contributed by atoms with Crippen molar-refractivity contribution in [2.24, 2.45) is 16.5 Å². The molecule has 0 radical (unpaired) electrons. The van der Waals surface area contributed by atoms with Crippen molar-refractivity contribution >= 4 is 35.2 Å². The van der Waals surface area contributed by atoms with Crippen LogP contribution >= 0.6 is 23.5 Å². The van der Waals surface area contributed by atoms with E-state index in [4.69, 9.17) is 30.7 Å². The van der Waals surface area contributed by atoms with Crippen LogP contribution in [0.1, 0.15) is 31.4 Å². The van der Waals surface area contributed by atoms with Crippen molar-refractivity contribution < 1.29 is 55.9 Å². The Morgan fingerprint density at radius 2 is 1.91 bits per heavy atom. The Bertz CT molecular complexity index is 1060. The van der Waals surface area contributed by atoms with Gasteiger partial charge < -0.3 is 45.8 Å². The summed E-state index contributed by atoms with van der Waals surface area (Å²) < 4.78 is 59.2. The summed E-state index contributed by atoms with van der Waals surface area (Å²) in [4.78, 5) is 44.4. The molecule has 0 aromatic carbocycles. The van der Waals surface area contributed by atoms with Crippen LogP contribution in [0.4, 0.5) is 5.82 Å². The summed E-state index contributed by atoms with van der Waals surface area (Å²) in [5, 5.41) is 2.83. The molecule has 1 aliphatic rings. The molecule has 35 heavy (non-hydrogen) atoms. The zero-order valence-electron chi connectivity index (χ0n) is 18.3. The molecule has 5 atom stereocenters. The first-order chi connectivity index (χ1) is 16.2. The molecule has 1 aromatic rings. The van der Waals surface area contributed by atoms with Crippen molar-refractivity contribution in [3.8, 4) is 0 Å². The summed E-state index contributed by atoms with van der Waals surface area (Å²) in [6.07, 6.45) is 0.594. The van der Waals surface area contributed by atoms with Crippen molar-refractivity contribution in [3.05, 3.63) is 24.7 Å². The molecule has 0 saturated heterocycles. The van der Waals surface area contributed by atoms with Crippen LogP contribution < -0.4 is 16.8 Å². The third-order valence-electron chi connectivity index (χ3n) is 4.01. The Morgan fingerprint density at radius 3 is 2.51 bits per heavy atom. The van der Waals surface area contributed by atoms with Crippen molar-refractivity contribution in [2.75, 3.05) is 25.1 Å². The number of nitrogens with zero attached hydrogens (tertiary/aromatic N) is 3. The zero-order valence-corrected chi connectivity index (χ0v) is 21.0. The Morgan fingerprint density at radius 1 is 1.23 bits per heavy atom. The van der Waals surface area contributed by atoms with Gasteiger partial charge in [-0.2, -0.15) is 8.62 Å². The van der Waals surface area contributed by atoms with Gasteiger partial charge in [0.05, 0.1) is 26.1 Å². The van der Waals surface area contributed by atoms with Gasteiger partial charge in [-0.15, -0.1) is 6.58 Å². The number of phosphoric ester groups is 1. The number of ether oxygens (including phenoxy) is 2. The SMILES string of the molecule is C=CCOC[C@@H](COP(=O)(O)OP(=O)(O)OP(=O)(O)O)O[C@H](CC)n1cnc2c1NC(N)=NC2N. The smallest absolute Gasteiger partial charge is 0.375 e. The van der Waals surface area contributed by atoms with E-state index < -0.39 is 48.6 Å². The minimum Gasteiger partial charge on any atom is -0.375 e. The average Bonchev–Trinajstić information content (AvgIpc) is 3.11. The number of anilines is 1. The van der Waals surface area contributed by atoms with E-state index in [-0.39, 0.29) is 19.2 Å². The van der Waals surface area contributed by atoms with Gasteiger partial charge >= 0.3 is 23.5 Å². The van der Waals surface area contributed by atoms with Crippen molar-refractivity contribution in [3.63, 3.8) is 0 Å². The van der Waals surface area contributed by atoms with Gasteiger partial charge in [0.25, 0.3) is 0 Å². The van der Waals surface area contributed by atoms with Gasteiger partial charge in [0.1, 0.15) is 30.0 Å². The first-order valence-corrected chi connectivity index (χ1v) is 14.2. The molecule has 3 unspecified atom stereocenters. The minimum absolute atomic E-state index is 0.0557. The third-order valence-corrected chi connectivity index (χ3v) is 7.82. The van der Waals surface area contributed by atoms with Crippen LogP contribution in [-0.4, -0.2) is 61.0 Å². The zero-order chi connectivity index (χ0) is 26.4. The molecule has 0 spiro atoms. The van der Waals surface area contributed by atoms with Gasteiger partial charge in [0.15, 0.2) is 5.96 Å². The number of rotatable bonds is 15. The number of hydrogen-bond donors (Lipinski definition) is 7. The van der Waals surface area contributed by atoms with E-state index in [1.165, 1.54) is 12.4 Å². The van der Waals surface area contributed by atoms with E-state index in [1.54, 1.807) is 11.5 Å². The molecule has 0 saturated carbocycles. The second kappa shape index (κ2) is 12.2. The number of guanidine groups is 1. The van der Waals surface area contributed by atoms with E-state index >= 15 is 0 Å². The van der Waals surface area contributed by atoms with Crippen molar-refractivity contribution in [1.29, 1.82) is 0 Å². The second-order valence-electron chi connectivity index (χ2n) is 6.80. The van der Waals surface area contributed by atoms with Crippen LogP contribution in [0, 0.1) is 0 Å². The fourth-order valence-corrected chi connectivity index (χ4v) is 5.82. The van der Waals surface area contributed by atoms with Gasteiger partial charge in [-0.25, -0.2) is 23.7 Å². The molecule has 0 fully saturated rings. The molecule has 0 aliphatic carbocycles. The lowest BCUT2D eigenvalue weighted by atomic mass is 10.3. The average molecular weight is 564 g/mol. The topological polar surface area (TPSA) is 273 Å². The molecule has 21 heteroatoms. The first-order valence-electron chi connectivity index (χ1n) is 9.71. The number of phosphoric acid groups is 3. The highest BCUT2D eigenvalue weighted by Crippen LogP contribution is 2.66. The molecule has 200 valence electrons. The third kappa shape index (κ3) is 9.48. The predicted octanol–water partition coefficient (Wildman–Crippen LogP) is 0.420. The van der Waals surface area contributed by atoms with E-state index in [9.17, 15) is 23.5 Å². The molecule has 1 aromatic heterocycles. The van der Waals surface area contributed by atoms with Gasteiger partial charge in [0.2, 0.25) is 0 Å². The number of nitrogens with one attached hydrogen (secondary N) is 1. The lowest BCUT2D eigenvalue weighted by Gasteiger charge is -2.28. The number of fused-ring (bicyclic) bond motifs is 1. The van der Waals surface area contributed by atoms with Crippen LogP contribution in [0.3, 0.4) is 0 Å². The highest BCUT2D eigenvalue weighted by Gasteiger charge is 2.41. The van der Waals surface area contributed by atoms with Crippen LogP contribution in [-0.2, 0) is 36.3 Å². The summed E-state index contributed by atoms with van der Waals surface area (Å²) >= 11 is 0. The summed E-state index contributed by atoms with van der Waals surface area (Å²) in [5.74, 6) is 0.468. The second-order valence-corrected chi connectivity index (χ2v) is 11.2. The van der Waals surface area contributed by atoms with E-state index in [0.717, 1.165) is 0 Å². The minimum atomic E-state index is -5.66. The van der Waals surface area contributed by atoms with Gasteiger partial charge in [-0.05, 0) is 6.42 Å². The number of nitrogens with two attached hydrogens (primary N) is 2. The monoisotopic (exact) mass is 564 g/mol. The highest BCUT2D eigenvalue weighted by atomic mass is 31.3. The van der Waals surface area contributed by atoms with E-state index in [1.807, 2.05) is 0 Å². The van der Waals surface area contributed by atoms with Crippen molar-refractivity contribution in [2.45, 2.75) is 31.8 Å². The maximum absolute atomic E-state index is 12.1. The maximum atomic E-state index is 12.1. The number of aromatic nitrogens is 2.